The second-order valence-electron chi connectivity index (χ2n) is 4.77. The number of aliphatic hydroxyl groups is 1. The third-order valence-corrected chi connectivity index (χ3v) is 3.23. The van der Waals surface area contributed by atoms with E-state index in [-0.39, 0.29) is 6.54 Å². The molecule has 2 saturated heterocycles. The maximum Gasteiger partial charge on any atom is 0.246 e. The highest BCUT2D eigenvalue weighted by molar-refractivity contribution is 5.05. The summed E-state index contributed by atoms with van der Waals surface area (Å²) in [6, 6.07) is 0. The first kappa shape index (κ1) is 11.8. The Morgan fingerprint density at radius 3 is 2.50 bits per heavy atom. The van der Waals surface area contributed by atoms with Gasteiger partial charge in [-0.15, -0.1) is 0 Å². The summed E-state index contributed by atoms with van der Waals surface area (Å²) in [5.41, 5.74) is -0.840. The summed E-state index contributed by atoms with van der Waals surface area (Å²) in [6.45, 7) is 12.5. The van der Waals surface area contributed by atoms with Crippen LogP contribution in [0.5, 0.6) is 0 Å². The minimum atomic E-state index is -0.840. The molecule has 0 aromatic carbocycles. The molecule has 2 fully saturated rings. The van der Waals surface area contributed by atoms with Gasteiger partial charge >= 0.3 is 0 Å². The minimum Gasteiger partial charge on any atom is -0.387 e. The van der Waals surface area contributed by atoms with Crippen molar-refractivity contribution in [2.24, 2.45) is 0 Å². The van der Waals surface area contributed by atoms with Crippen LogP contribution in [0.25, 0.3) is 4.85 Å². The molecule has 2 heterocycles. The Balaban J connectivity index is 2.18. The maximum atomic E-state index is 10.2. The summed E-state index contributed by atoms with van der Waals surface area (Å²) in [7, 11) is 0. The van der Waals surface area contributed by atoms with Crippen molar-refractivity contribution in [2.75, 3.05) is 6.54 Å². The van der Waals surface area contributed by atoms with E-state index in [2.05, 4.69) is 4.85 Å². The zero-order valence-electron chi connectivity index (χ0n) is 9.77. The lowest BCUT2D eigenvalue weighted by Crippen LogP contribution is -2.46. The van der Waals surface area contributed by atoms with Gasteiger partial charge in [-0.25, -0.2) is 6.57 Å². The van der Waals surface area contributed by atoms with E-state index in [0.717, 1.165) is 0 Å². The molecule has 16 heavy (non-hydrogen) atoms. The molecular formula is C11H17NO4. The van der Waals surface area contributed by atoms with Gasteiger partial charge < -0.3 is 24.2 Å². The quantitative estimate of drug-likeness (QED) is 0.713. The predicted molar refractivity (Wildman–Crippen MR) is 55.4 cm³/mol. The van der Waals surface area contributed by atoms with Gasteiger partial charge in [0.05, 0.1) is 0 Å². The van der Waals surface area contributed by atoms with E-state index in [0.29, 0.717) is 6.42 Å². The van der Waals surface area contributed by atoms with E-state index in [9.17, 15) is 5.11 Å². The molecule has 1 unspecified atom stereocenters. The monoisotopic (exact) mass is 227 g/mol. The van der Waals surface area contributed by atoms with Crippen LogP contribution in [0, 0.1) is 6.57 Å². The standard InChI is InChI=1S/C11H17NO4/c1-5-11(6-12-4)8(13)7-9(16-11)15-10(2,3)14-7/h7-9,13H,5-6H2,1-3H3/t7-,8?,9+,11-/m0/s1. The molecular weight excluding hydrogens is 210 g/mol. The van der Waals surface area contributed by atoms with E-state index >= 15 is 0 Å². The van der Waals surface area contributed by atoms with Crippen molar-refractivity contribution >= 4 is 0 Å². The van der Waals surface area contributed by atoms with Gasteiger partial charge in [0, 0.05) is 0 Å². The molecule has 5 nitrogen and oxygen atoms in total. The molecule has 90 valence electrons. The fourth-order valence-electron chi connectivity index (χ4n) is 2.33. The molecule has 4 atom stereocenters. The third-order valence-electron chi connectivity index (χ3n) is 3.23. The fourth-order valence-corrected chi connectivity index (χ4v) is 2.33. The number of rotatable bonds is 2. The van der Waals surface area contributed by atoms with Crippen molar-refractivity contribution in [2.45, 2.75) is 57.1 Å². The van der Waals surface area contributed by atoms with Gasteiger partial charge in [-0.3, -0.25) is 0 Å². The van der Waals surface area contributed by atoms with E-state index < -0.39 is 29.9 Å². The first-order valence-corrected chi connectivity index (χ1v) is 5.49. The number of nitrogens with zero attached hydrogens (tertiary/aromatic N) is 1. The number of fused-ring (bicyclic) bond motifs is 1. The van der Waals surface area contributed by atoms with Crippen LogP contribution >= 0.6 is 0 Å². The lowest BCUT2D eigenvalue weighted by molar-refractivity contribution is -0.236. The molecule has 0 bridgehead atoms. The molecule has 0 amide bonds. The average molecular weight is 227 g/mol. The van der Waals surface area contributed by atoms with Gasteiger partial charge in [-0.05, 0) is 20.3 Å². The second kappa shape index (κ2) is 3.67. The first-order valence-electron chi connectivity index (χ1n) is 5.49. The zero-order chi connectivity index (χ0) is 12.0. The number of ether oxygens (including phenoxy) is 3. The maximum absolute atomic E-state index is 10.2. The van der Waals surface area contributed by atoms with Crippen molar-refractivity contribution in [1.29, 1.82) is 0 Å². The van der Waals surface area contributed by atoms with Crippen LogP contribution in [0.3, 0.4) is 0 Å². The van der Waals surface area contributed by atoms with Crippen LogP contribution in [-0.4, -0.2) is 41.5 Å². The minimum absolute atomic E-state index is 0.130. The summed E-state index contributed by atoms with van der Waals surface area (Å²) in [5, 5.41) is 10.2. The number of hydrogen-bond donors (Lipinski definition) is 1. The van der Waals surface area contributed by atoms with Crippen LogP contribution in [0.2, 0.25) is 0 Å². The Morgan fingerprint density at radius 2 is 2.00 bits per heavy atom. The van der Waals surface area contributed by atoms with Crippen molar-refractivity contribution < 1.29 is 19.3 Å². The van der Waals surface area contributed by atoms with E-state index in [1.807, 2.05) is 6.92 Å². The van der Waals surface area contributed by atoms with E-state index in [4.69, 9.17) is 20.8 Å². The first-order chi connectivity index (χ1) is 7.44. The summed E-state index contributed by atoms with van der Waals surface area (Å²) in [5.74, 6) is -0.728. The zero-order valence-corrected chi connectivity index (χ0v) is 9.77. The molecule has 5 heteroatoms. The molecule has 0 aromatic rings. The largest absolute Gasteiger partial charge is 0.387 e. The number of aliphatic hydroxyl groups excluding tert-OH is 1. The smallest absolute Gasteiger partial charge is 0.246 e. The van der Waals surface area contributed by atoms with Crippen molar-refractivity contribution in [3.8, 4) is 0 Å². The lowest BCUT2D eigenvalue weighted by Gasteiger charge is -2.29. The number of hydrogen-bond acceptors (Lipinski definition) is 4. The van der Waals surface area contributed by atoms with Crippen LogP contribution in [-0.2, 0) is 14.2 Å². The molecule has 0 aromatic heterocycles. The summed E-state index contributed by atoms with van der Waals surface area (Å²) in [6.07, 6.45) is -1.29. The van der Waals surface area contributed by atoms with Gasteiger partial charge in [-0.2, -0.15) is 0 Å². The van der Waals surface area contributed by atoms with Crippen molar-refractivity contribution in [3.63, 3.8) is 0 Å². The highest BCUT2D eigenvalue weighted by Crippen LogP contribution is 2.43. The molecule has 2 aliphatic rings. The van der Waals surface area contributed by atoms with Gasteiger partial charge in [0.1, 0.15) is 12.2 Å². The molecule has 0 aliphatic carbocycles. The van der Waals surface area contributed by atoms with Gasteiger partial charge in [0.2, 0.25) is 6.54 Å². The van der Waals surface area contributed by atoms with Crippen LogP contribution < -0.4 is 0 Å². The molecule has 0 spiro atoms. The van der Waals surface area contributed by atoms with Crippen LogP contribution in [0.1, 0.15) is 27.2 Å². The normalized spacial score (nSPS) is 45.3. The van der Waals surface area contributed by atoms with Crippen molar-refractivity contribution in [1.82, 2.24) is 0 Å². The Kier molecular flexibility index (Phi) is 2.71. The van der Waals surface area contributed by atoms with E-state index in [1.165, 1.54) is 0 Å². The van der Waals surface area contributed by atoms with Gasteiger partial charge in [-0.1, -0.05) is 6.92 Å². The molecule has 0 radical (unpaired) electrons. The van der Waals surface area contributed by atoms with Gasteiger partial charge in [0.25, 0.3) is 0 Å². The molecule has 0 saturated carbocycles. The SMILES string of the molecule is [C-]#[N+]C[C@]1(CC)O[C@H]2OC(C)(C)O[C@H]2C1O. The second-order valence-corrected chi connectivity index (χ2v) is 4.77. The summed E-state index contributed by atoms with van der Waals surface area (Å²) >= 11 is 0. The van der Waals surface area contributed by atoms with Crippen LogP contribution in [0.15, 0.2) is 0 Å². The average Bonchev–Trinajstić information content (AvgIpc) is 2.62. The Labute approximate surface area is 95.1 Å². The van der Waals surface area contributed by atoms with Crippen LogP contribution in [0.4, 0.5) is 0 Å². The van der Waals surface area contributed by atoms with E-state index in [1.54, 1.807) is 13.8 Å². The Bertz CT molecular complexity index is 324. The Morgan fingerprint density at radius 1 is 1.31 bits per heavy atom. The summed E-state index contributed by atoms with van der Waals surface area (Å²) < 4.78 is 16.8. The fraction of sp³-hybridized carbons (Fsp3) is 0.909. The lowest BCUT2D eigenvalue weighted by atomic mass is 9.92. The topological polar surface area (TPSA) is 52.3 Å². The summed E-state index contributed by atoms with van der Waals surface area (Å²) in [4.78, 5) is 3.33. The van der Waals surface area contributed by atoms with Gasteiger partial charge in [0.15, 0.2) is 17.7 Å². The Hall–Kier alpha value is -0.670. The highest BCUT2D eigenvalue weighted by Gasteiger charge is 2.62. The third kappa shape index (κ3) is 1.62. The molecule has 2 aliphatic heterocycles. The predicted octanol–water partition coefficient (Wildman–Crippen LogP) is 0.923. The highest BCUT2D eigenvalue weighted by atomic mass is 16.8. The van der Waals surface area contributed by atoms with Crippen molar-refractivity contribution in [3.05, 3.63) is 11.4 Å². The molecule has 2 rings (SSSR count). The molecule has 1 N–H and O–H groups in total.